The van der Waals surface area contributed by atoms with Crippen molar-refractivity contribution in [2.24, 2.45) is 5.92 Å². The lowest BCUT2D eigenvalue weighted by Crippen LogP contribution is -2.47. The highest BCUT2D eigenvalue weighted by atomic mass is 79.9. The molecule has 0 amide bonds. The number of halogens is 3. The van der Waals surface area contributed by atoms with Crippen molar-refractivity contribution in [1.82, 2.24) is 5.32 Å². The van der Waals surface area contributed by atoms with Gasteiger partial charge in [-0.3, -0.25) is 0 Å². The van der Waals surface area contributed by atoms with Gasteiger partial charge >= 0.3 is 0 Å². The van der Waals surface area contributed by atoms with E-state index in [1.54, 1.807) is 0 Å². The Morgan fingerprint density at radius 3 is 2.83 bits per heavy atom. The van der Waals surface area contributed by atoms with Gasteiger partial charge < -0.3 is 10.4 Å². The zero-order valence-corrected chi connectivity index (χ0v) is 11.1. The SMILES string of the molecule is O[C@]1(c2ccc(F)c(F)c2)CCNC[C@@H]1C#CBr. The summed E-state index contributed by atoms with van der Waals surface area (Å²) in [5.74, 6) is 0.609. The Kier molecular flexibility index (Phi) is 4.00. The molecule has 2 N–H and O–H groups in total. The molecule has 1 saturated heterocycles. The van der Waals surface area contributed by atoms with E-state index in [0.717, 1.165) is 12.1 Å². The minimum atomic E-state index is -1.25. The highest BCUT2D eigenvalue weighted by Crippen LogP contribution is 2.35. The maximum absolute atomic E-state index is 13.3. The highest BCUT2D eigenvalue weighted by Gasteiger charge is 2.40. The summed E-state index contributed by atoms with van der Waals surface area (Å²) in [6.07, 6.45) is 0.407. The van der Waals surface area contributed by atoms with Crippen molar-refractivity contribution >= 4 is 15.9 Å². The smallest absolute Gasteiger partial charge is 0.159 e. The van der Waals surface area contributed by atoms with E-state index >= 15 is 0 Å². The lowest BCUT2D eigenvalue weighted by atomic mass is 9.77. The summed E-state index contributed by atoms with van der Waals surface area (Å²) in [4.78, 5) is 2.58. The molecule has 0 aliphatic carbocycles. The molecule has 1 aliphatic heterocycles. The fraction of sp³-hybridized carbons (Fsp3) is 0.385. The van der Waals surface area contributed by atoms with Crippen molar-refractivity contribution in [1.29, 1.82) is 0 Å². The van der Waals surface area contributed by atoms with Crippen molar-refractivity contribution in [2.75, 3.05) is 13.1 Å². The predicted octanol–water partition coefficient (Wildman–Crippen LogP) is 2.12. The quantitative estimate of drug-likeness (QED) is 0.778. The van der Waals surface area contributed by atoms with Crippen LogP contribution in [-0.4, -0.2) is 18.2 Å². The van der Waals surface area contributed by atoms with Crippen LogP contribution in [0.5, 0.6) is 0 Å². The third-order valence-corrected chi connectivity index (χ3v) is 3.49. The molecule has 0 aromatic heterocycles. The Hall–Kier alpha value is -0.960. The van der Waals surface area contributed by atoms with Crippen LogP contribution >= 0.6 is 15.9 Å². The molecule has 0 bridgehead atoms. The summed E-state index contributed by atoms with van der Waals surface area (Å²) in [6, 6.07) is 3.49. The first-order chi connectivity index (χ1) is 8.58. The van der Waals surface area contributed by atoms with Gasteiger partial charge in [-0.15, -0.1) is 0 Å². The third-order valence-electron chi connectivity index (χ3n) is 3.26. The molecule has 5 heteroatoms. The van der Waals surface area contributed by atoms with Crippen LogP contribution < -0.4 is 5.32 Å². The second-order valence-electron chi connectivity index (χ2n) is 4.30. The van der Waals surface area contributed by atoms with Gasteiger partial charge in [0.1, 0.15) is 5.60 Å². The Bertz CT molecular complexity index is 511. The van der Waals surface area contributed by atoms with Gasteiger partial charge in [-0.25, -0.2) is 8.78 Å². The van der Waals surface area contributed by atoms with E-state index in [1.165, 1.54) is 6.07 Å². The Morgan fingerprint density at radius 2 is 2.17 bits per heavy atom. The van der Waals surface area contributed by atoms with Gasteiger partial charge in [0.25, 0.3) is 0 Å². The van der Waals surface area contributed by atoms with Crippen molar-refractivity contribution in [3.63, 3.8) is 0 Å². The lowest BCUT2D eigenvalue weighted by Gasteiger charge is -2.38. The maximum Gasteiger partial charge on any atom is 0.159 e. The Labute approximate surface area is 113 Å². The first-order valence-corrected chi connectivity index (χ1v) is 6.37. The minimum absolute atomic E-state index is 0.364. The minimum Gasteiger partial charge on any atom is -0.384 e. The fourth-order valence-corrected chi connectivity index (χ4v) is 2.49. The zero-order chi connectivity index (χ0) is 13.2. The zero-order valence-electron chi connectivity index (χ0n) is 9.51. The monoisotopic (exact) mass is 315 g/mol. The maximum atomic E-state index is 13.3. The fourth-order valence-electron chi connectivity index (χ4n) is 2.22. The standard InChI is InChI=1S/C13H12BrF2NO/c14-5-3-10-8-17-6-4-13(10,18)9-1-2-11(15)12(16)7-9/h1-2,7,10,17-18H,4,6,8H2/t10-,13-/m0/s1. The van der Waals surface area contributed by atoms with E-state index in [2.05, 4.69) is 32.0 Å². The van der Waals surface area contributed by atoms with E-state index in [0.29, 0.717) is 25.1 Å². The van der Waals surface area contributed by atoms with Gasteiger partial charge in [-0.05, 0) is 35.5 Å². The molecule has 18 heavy (non-hydrogen) atoms. The molecule has 0 unspecified atom stereocenters. The average molecular weight is 316 g/mol. The first kappa shape index (κ1) is 13.5. The van der Waals surface area contributed by atoms with Crippen LogP contribution in [-0.2, 0) is 5.60 Å². The van der Waals surface area contributed by atoms with Crippen LogP contribution in [0.1, 0.15) is 12.0 Å². The van der Waals surface area contributed by atoms with E-state index in [-0.39, 0.29) is 5.92 Å². The lowest BCUT2D eigenvalue weighted by molar-refractivity contribution is -0.0246. The topological polar surface area (TPSA) is 32.3 Å². The third kappa shape index (κ3) is 2.41. The number of aliphatic hydroxyl groups is 1. The largest absolute Gasteiger partial charge is 0.384 e. The summed E-state index contributed by atoms with van der Waals surface area (Å²) in [5, 5.41) is 13.8. The predicted molar refractivity (Wildman–Crippen MR) is 67.9 cm³/mol. The van der Waals surface area contributed by atoms with Crippen LogP contribution in [0.3, 0.4) is 0 Å². The molecule has 2 atom stereocenters. The molecule has 1 heterocycles. The van der Waals surface area contributed by atoms with Crippen molar-refractivity contribution in [3.05, 3.63) is 35.4 Å². The van der Waals surface area contributed by atoms with Crippen molar-refractivity contribution in [3.8, 4) is 10.8 Å². The number of benzene rings is 1. The molecule has 2 nitrogen and oxygen atoms in total. The molecular weight excluding hydrogens is 304 g/mol. The molecule has 1 aromatic rings. The molecule has 96 valence electrons. The van der Waals surface area contributed by atoms with Crippen LogP contribution in [0.4, 0.5) is 8.78 Å². The van der Waals surface area contributed by atoms with Gasteiger partial charge in [0.15, 0.2) is 11.6 Å². The summed E-state index contributed by atoms with van der Waals surface area (Å²) in [5.41, 5.74) is -0.885. The van der Waals surface area contributed by atoms with Gasteiger partial charge in [0.2, 0.25) is 0 Å². The molecule has 1 aromatic carbocycles. The molecular formula is C13H12BrF2NO. The first-order valence-electron chi connectivity index (χ1n) is 5.57. The molecule has 0 spiro atoms. The summed E-state index contributed by atoms with van der Waals surface area (Å²) in [7, 11) is 0. The summed E-state index contributed by atoms with van der Waals surface area (Å²) >= 11 is 3.00. The molecule has 0 radical (unpaired) electrons. The van der Waals surface area contributed by atoms with Gasteiger partial charge in [-0.1, -0.05) is 12.0 Å². The number of hydrogen-bond acceptors (Lipinski definition) is 2. The Balaban J connectivity index is 2.42. The van der Waals surface area contributed by atoms with Crippen molar-refractivity contribution < 1.29 is 13.9 Å². The van der Waals surface area contributed by atoms with E-state index in [9.17, 15) is 13.9 Å². The van der Waals surface area contributed by atoms with Crippen LogP contribution in [0, 0.1) is 28.3 Å². The number of nitrogens with one attached hydrogen (secondary N) is 1. The van der Waals surface area contributed by atoms with Crippen LogP contribution in [0.15, 0.2) is 18.2 Å². The van der Waals surface area contributed by atoms with Gasteiger partial charge in [0.05, 0.1) is 5.92 Å². The number of piperidine rings is 1. The number of hydrogen-bond donors (Lipinski definition) is 2. The van der Waals surface area contributed by atoms with E-state index in [1.807, 2.05) is 0 Å². The second-order valence-corrected chi connectivity index (χ2v) is 4.70. The second kappa shape index (κ2) is 5.35. The van der Waals surface area contributed by atoms with E-state index in [4.69, 9.17) is 0 Å². The van der Waals surface area contributed by atoms with Crippen molar-refractivity contribution in [2.45, 2.75) is 12.0 Å². The van der Waals surface area contributed by atoms with E-state index < -0.39 is 17.2 Å². The summed E-state index contributed by atoms with van der Waals surface area (Å²) < 4.78 is 26.2. The summed E-state index contributed by atoms with van der Waals surface area (Å²) in [6.45, 7) is 1.12. The van der Waals surface area contributed by atoms with Crippen LogP contribution in [0.25, 0.3) is 0 Å². The molecule has 2 rings (SSSR count). The van der Waals surface area contributed by atoms with Gasteiger partial charge in [-0.2, -0.15) is 0 Å². The normalized spacial score (nSPS) is 27.4. The van der Waals surface area contributed by atoms with Gasteiger partial charge in [0, 0.05) is 22.5 Å². The molecule has 1 aliphatic rings. The Morgan fingerprint density at radius 1 is 1.39 bits per heavy atom. The molecule has 1 fully saturated rings. The number of rotatable bonds is 1. The van der Waals surface area contributed by atoms with Crippen LogP contribution in [0.2, 0.25) is 0 Å². The molecule has 0 saturated carbocycles. The highest BCUT2D eigenvalue weighted by molar-refractivity contribution is 9.12. The average Bonchev–Trinajstić information content (AvgIpc) is 2.36.